The van der Waals surface area contributed by atoms with E-state index in [2.05, 4.69) is 10.3 Å². The maximum atomic E-state index is 9.50. The monoisotopic (exact) mass is 281 g/mol. The molecule has 0 aliphatic heterocycles. The molecule has 106 valence electrons. The van der Waals surface area contributed by atoms with Crippen LogP contribution < -0.4 is 4.74 Å². The van der Waals surface area contributed by atoms with E-state index in [1.165, 1.54) is 4.68 Å². The second-order valence-electron chi connectivity index (χ2n) is 4.49. The van der Waals surface area contributed by atoms with Crippen molar-refractivity contribution in [3.05, 3.63) is 54.6 Å². The fourth-order valence-electron chi connectivity index (χ4n) is 2.32. The first-order valence-electron chi connectivity index (χ1n) is 6.58. The number of benzene rings is 2. The smallest absolute Gasteiger partial charge is 0.138 e. The molecule has 0 aliphatic rings. The number of nitrogens with zero attached hydrogens (tertiary/aromatic N) is 3. The van der Waals surface area contributed by atoms with Gasteiger partial charge in [0.05, 0.1) is 12.8 Å². The first-order chi connectivity index (χ1) is 10.3. The zero-order chi connectivity index (χ0) is 14.7. The Hall–Kier alpha value is -2.66. The van der Waals surface area contributed by atoms with Crippen LogP contribution in [0.3, 0.4) is 0 Å². The molecule has 5 heteroatoms. The molecule has 0 saturated heterocycles. The van der Waals surface area contributed by atoms with Gasteiger partial charge in [0.25, 0.3) is 0 Å². The Morgan fingerprint density at radius 1 is 1.05 bits per heavy atom. The van der Waals surface area contributed by atoms with Crippen LogP contribution >= 0.6 is 0 Å². The minimum absolute atomic E-state index is 0.230. The molecule has 2 aromatic carbocycles. The Labute approximate surface area is 122 Å². The van der Waals surface area contributed by atoms with E-state index in [-0.39, 0.29) is 6.73 Å². The summed E-state index contributed by atoms with van der Waals surface area (Å²) in [6, 6.07) is 17.4. The zero-order valence-electron chi connectivity index (χ0n) is 11.6. The number of hydrogen-bond donors (Lipinski definition) is 1. The first kappa shape index (κ1) is 13.3. The van der Waals surface area contributed by atoms with Gasteiger partial charge in [0.15, 0.2) is 0 Å². The highest BCUT2D eigenvalue weighted by atomic mass is 16.5. The molecule has 21 heavy (non-hydrogen) atoms. The SMILES string of the molecule is COc1ccccc1-c1nnn(CO)c1-c1ccccc1. The van der Waals surface area contributed by atoms with Crippen LogP contribution in [0.25, 0.3) is 22.5 Å². The molecule has 0 unspecified atom stereocenters. The number of aromatic nitrogens is 3. The Kier molecular flexibility index (Phi) is 3.66. The number of hydrogen-bond acceptors (Lipinski definition) is 4. The summed E-state index contributed by atoms with van der Waals surface area (Å²) in [6.45, 7) is -0.230. The van der Waals surface area contributed by atoms with Crippen molar-refractivity contribution in [3.63, 3.8) is 0 Å². The van der Waals surface area contributed by atoms with Crippen molar-refractivity contribution in [2.24, 2.45) is 0 Å². The molecule has 1 heterocycles. The number of para-hydroxylation sites is 1. The van der Waals surface area contributed by atoms with Crippen LogP contribution in [0.15, 0.2) is 54.6 Å². The van der Waals surface area contributed by atoms with Crippen LogP contribution in [-0.2, 0) is 6.73 Å². The van der Waals surface area contributed by atoms with Gasteiger partial charge in [-0.15, -0.1) is 5.10 Å². The van der Waals surface area contributed by atoms with Crippen LogP contribution in [0.2, 0.25) is 0 Å². The Morgan fingerprint density at radius 3 is 2.48 bits per heavy atom. The van der Waals surface area contributed by atoms with Gasteiger partial charge in [0, 0.05) is 11.1 Å². The molecule has 0 aliphatic carbocycles. The van der Waals surface area contributed by atoms with Crippen molar-refractivity contribution in [2.45, 2.75) is 6.73 Å². The zero-order valence-corrected chi connectivity index (χ0v) is 11.6. The predicted molar refractivity (Wildman–Crippen MR) is 79.7 cm³/mol. The van der Waals surface area contributed by atoms with Crippen molar-refractivity contribution in [2.75, 3.05) is 7.11 Å². The summed E-state index contributed by atoms with van der Waals surface area (Å²) < 4.78 is 6.86. The van der Waals surface area contributed by atoms with Crippen LogP contribution in [0.5, 0.6) is 5.75 Å². The number of methoxy groups -OCH3 is 1. The quantitative estimate of drug-likeness (QED) is 0.798. The topological polar surface area (TPSA) is 60.2 Å². The molecular formula is C16H15N3O2. The van der Waals surface area contributed by atoms with Gasteiger partial charge in [-0.25, -0.2) is 4.68 Å². The van der Waals surface area contributed by atoms with Gasteiger partial charge in [0.2, 0.25) is 0 Å². The van der Waals surface area contributed by atoms with Gasteiger partial charge >= 0.3 is 0 Å². The molecule has 3 aromatic rings. The van der Waals surface area contributed by atoms with E-state index in [4.69, 9.17) is 4.74 Å². The fraction of sp³-hybridized carbons (Fsp3) is 0.125. The molecule has 0 spiro atoms. The molecule has 0 fully saturated rings. The van der Waals surface area contributed by atoms with E-state index < -0.39 is 0 Å². The maximum Gasteiger partial charge on any atom is 0.138 e. The third-order valence-corrected chi connectivity index (χ3v) is 3.28. The standard InChI is InChI=1S/C16H15N3O2/c1-21-14-10-6-5-9-13(14)15-16(19(11-20)18-17-15)12-7-3-2-4-8-12/h2-10,20H,11H2,1H3. The van der Waals surface area contributed by atoms with E-state index in [0.717, 1.165) is 22.6 Å². The first-order valence-corrected chi connectivity index (χ1v) is 6.58. The number of aliphatic hydroxyl groups excluding tert-OH is 1. The Morgan fingerprint density at radius 2 is 1.76 bits per heavy atom. The molecule has 0 radical (unpaired) electrons. The van der Waals surface area contributed by atoms with Crippen LogP contribution in [0.4, 0.5) is 0 Å². The van der Waals surface area contributed by atoms with Gasteiger partial charge in [-0.3, -0.25) is 0 Å². The minimum Gasteiger partial charge on any atom is -0.496 e. The van der Waals surface area contributed by atoms with Crippen molar-refractivity contribution >= 4 is 0 Å². The largest absolute Gasteiger partial charge is 0.496 e. The molecule has 1 aromatic heterocycles. The summed E-state index contributed by atoms with van der Waals surface area (Å²) in [7, 11) is 1.62. The van der Waals surface area contributed by atoms with Gasteiger partial charge in [-0.2, -0.15) is 0 Å². The predicted octanol–water partition coefficient (Wildman–Crippen LogP) is 2.57. The molecule has 5 nitrogen and oxygen atoms in total. The average Bonchev–Trinajstić information content (AvgIpc) is 2.99. The molecule has 0 bridgehead atoms. The Balaban J connectivity index is 2.23. The van der Waals surface area contributed by atoms with E-state index in [0.29, 0.717) is 5.69 Å². The van der Waals surface area contributed by atoms with Crippen molar-refractivity contribution in [1.82, 2.24) is 15.0 Å². The summed E-state index contributed by atoms with van der Waals surface area (Å²) in [5.74, 6) is 0.722. The second kappa shape index (κ2) is 5.76. The van der Waals surface area contributed by atoms with Crippen molar-refractivity contribution < 1.29 is 9.84 Å². The average molecular weight is 281 g/mol. The normalized spacial score (nSPS) is 10.6. The third kappa shape index (κ3) is 2.39. The van der Waals surface area contributed by atoms with Crippen molar-refractivity contribution in [1.29, 1.82) is 0 Å². The summed E-state index contributed by atoms with van der Waals surface area (Å²) in [4.78, 5) is 0. The number of aliphatic hydroxyl groups is 1. The Bertz CT molecular complexity index is 738. The molecular weight excluding hydrogens is 266 g/mol. The van der Waals surface area contributed by atoms with E-state index in [1.54, 1.807) is 7.11 Å². The maximum absolute atomic E-state index is 9.50. The third-order valence-electron chi connectivity index (χ3n) is 3.28. The summed E-state index contributed by atoms with van der Waals surface area (Å²) in [6.07, 6.45) is 0. The number of ether oxygens (including phenoxy) is 1. The summed E-state index contributed by atoms with van der Waals surface area (Å²) in [5, 5.41) is 17.7. The molecule has 0 amide bonds. The van der Waals surface area contributed by atoms with E-state index in [1.807, 2.05) is 54.6 Å². The van der Waals surface area contributed by atoms with E-state index in [9.17, 15) is 5.11 Å². The highest BCUT2D eigenvalue weighted by Gasteiger charge is 2.18. The molecule has 0 atom stereocenters. The van der Waals surface area contributed by atoms with Gasteiger partial charge in [0.1, 0.15) is 18.2 Å². The van der Waals surface area contributed by atoms with Gasteiger partial charge in [-0.05, 0) is 12.1 Å². The lowest BCUT2D eigenvalue weighted by atomic mass is 10.0. The van der Waals surface area contributed by atoms with Crippen LogP contribution in [0.1, 0.15) is 0 Å². The van der Waals surface area contributed by atoms with Crippen LogP contribution in [-0.4, -0.2) is 27.2 Å². The minimum atomic E-state index is -0.230. The fourth-order valence-corrected chi connectivity index (χ4v) is 2.32. The van der Waals surface area contributed by atoms with Crippen molar-refractivity contribution in [3.8, 4) is 28.3 Å². The van der Waals surface area contributed by atoms with Gasteiger partial charge in [-0.1, -0.05) is 47.7 Å². The highest BCUT2D eigenvalue weighted by molar-refractivity contribution is 5.81. The molecule has 1 N–H and O–H groups in total. The van der Waals surface area contributed by atoms with Crippen LogP contribution in [0, 0.1) is 0 Å². The summed E-state index contributed by atoms with van der Waals surface area (Å²) in [5.41, 5.74) is 3.24. The second-order valence-corrected chi connectivity index (χ2v) is 4.49. The lowest BCUT2D eigenvalue weighted by Crippen LogP contribution is -2.01. The number of rotatable bonds is 4. The molecule has 0 saturated carbocycles. The lowest BCUT2D eigenvalue weighted by Gasteiger charge is -2.09. The van der Waals surface area contributed by atoms with Gasteiger partial charge < -0.3 is 9.84 Å². The lowest BCUT2D eigenvalue weighted by molar-refractivity contribution is 0.194. The van der Waals surface area contributed by atoms with E-state index >= 15 is 0 Å². The summed E-state index contributed by atoms with van der Waals surface area (Å²) >= 11 is 0. The molecule has 3 rings (SSSR count). The highest BCUT2D eigenvalue weighted by Crippen LogP contribution is 2.35.